The number of rotatable bonds is 4. The molecule has 0 aliphatic rings. The lowest BCUT2D eigenvalue weighted by Crippen LogP contribution is -2.04. The molecular weight excluding hydrogens is 721 g/mol. The van der Waals surface area contributed by atoms with E-state index >= 15 is 0 Å². The lowest BCUT2D eigenvalue weighted by Gasteiger charge is -2.14. The Morgan fingerprint density at radius 1 is 0.390 bits per heavy atom. The number of hydrogen-bond acceptors (Lipinski definition) is 3. The Morgan fingerprint density at radius 3 is 1.93 bits per heavy atom. The monoisotopic (exact) mass is 752 g/mol. The number of fused-ring (bicyclic) bond motifs is 13. The van der Waals surface area contributed by atoms with Crippen molar-refractivity contribution in [1.82, 2.24) is 19.1 Å². The molecule has 0 bridgehead atoms. The summed E-state index contributed by atoms with van der Waals surface area (Å²) in [6.07, 6.45) is 0. The van der Waals surface area contributed by atoms with Crippen LogP contribution in [0.25, 0.3) is 121 Å². The molecule has 13 rings (SSSR count). The second-order valence-corrected chi connectivity index (χ2v) is 15.3. The molecule has 0 saturated heterocycles. The van der Waals surface area contributed by atoms with Crippen molar-refractivity contribution in [2.24, 2.45) is 0 Å². The molecule has 0 amide bonds. The number of benzene rings is 9. The standard InChI is InChI=1S/C54H32N4O/c1-2-12-33(13-3-1)35-22-24-36(25-23-35)50-43-18-6-9-19-45(43)55-54(56-50)58-46-20-10-7-16-39(46)41-28-29-44-49-47(31-30-42-40-17-8-11-21-48(40)59-53(42)49)57(52(44)51(41)58)38-27-26-34-14-4-5-15-37(34)32-38/h1-32H. The van der Waals surface area contributed by atoms with Crippen molar-refractivity contribution in [2.45, 2.75) is 0 Å². The summed E-state index contributed by atoms with van der Waals surface area (Å²) in [4.78, 5) is 10.9. The van der Waals surface area contributed by atoms with Crippen LogP contribution in [0.3, 0.4) is 0 Å². The predicted molar refractivity (Wildman–Crippen MR) is 244 cm³/mol. The SMILES string of the molecule is c1ccc(-c2ccc(-c3nc(-n4c5ccccc5c5ccc6c7c8oc9ccccc9c8ccc7n(-c7ccc8ccccc8c7)c6c54)nc4ccccc34)cc2)cc1. The molecule has 0 atom stereocenters. The molecule has 0 radical (unpaired) electrons. The molecule has 0 aliphatic heterocycles. The maximum Gasteiger partial charge on any atom is 0.235 e. The second kappa shape index (κ2) is 12.2. The second-order valence-electron chi connectivity index (χ2n) is 15.3. The van der Waals surface area contributed by atoms with E-state index in [0.717, 1.165) is 99.0 Å². The lowest BCUT2D eigenvalue weighted by molar-refractivity contribution is 0.673. The van der Waals surface area contributed by atoms with Crippen molar-refractivity contribution in [3.8, 4) is 34.0 Å². The van der Waals surface area contributed by atoms with Gasteiger partial charge in [-0.25, -0.2) is 9.97 Å². The van der Waals surface area contributed by atoms with Crippen molar-refractivity contribution >= 4 is 87.2 Å². The number of aromatic nitrogens is 4. The van der Waals surface area contributed by atoms with E-state index in [1.54, 1.807) is 0 Å². The maximum atomic E-state index is 6.78. The zero-order valence-electron chi connectivity index (χ0n) is 31.7. The van der Waals surface area contributed by atoms with Crippen LogP contribution >= 0.6 is 0 Å². The lowest BCUT2D eigenvalue weighted by atomic mass is 10.0. The highest BCUT2D eigenvalue weighted by atomic mass is 16.3. The fourth-order valence-electron chi connectivity index (χ4n) is 9.44. The predicted octanol–water partition coefficient (Wildman–Crippen LogP) is 14.2. The summed E-state index contributed by atoms with van der Waals surface area (Å²) in [5.41, 5.74) is 12.2. The van der Waals surface area contributed by atoms with E-state index in [0.29, 0.717) is 5.95 Å². The van der Waals surface area contributed by atoms with Gasteiger partial charge in [-0.05, 0) is 64.4 Å². The van der Waals surface area contributed by atoms with Gasteiger partial charge in [-0.15, -0.1) is 0 Å². The fourth-order valence-corrected chi connectivity index (χ4v) is 9.44. The summed E-state index contributed by atoms with van der Waals surface area (Å²) in [6.45, 7) is 0. The third-order valence-corrected chi connectivity index (χ3v) is 12.1. The molecule has 59 heavy (non-hydrogen) atoms. The molecule has 13 aromatic rings. The molecule has 0 fully saturated rings. The Balaban J connectivity index is 1.17. The van der Waals surface area contributed by atoms with Crippen molar-refractivity contribution in [2.75, 3.05) is 0 Å². The Kier molecular flexibility index (Phi) is 6.66. The van der Waals surface area contributed by atoms with Gasteiger partial charge in [0.1, 0.15) is 11.2 Å². The summed E-state index contributed by atoms with van der Waals surface area (Å²) in [7, 11) is 0. The van der Waals surface area contributed by atoms with Crippen LogP contribution in [-0.4, -0.2) is 19.1 Å². The van der Waals surface area contributed by atoms with Crippen LogP contribution in [0.1, 0.15) is 0 Å². The summed E-state index contributed by atoms with van der Waals surface area (Å²) >= 11 is 0. The first-order valence-corrected chi connectivity index (χ1v) is 20.0. The van der Waals surface area contributed by atoms with Crippen LogP contribution < -0.4 is 0 Å². The van der Waals surface area contributed by atoms with Crippen molar-refractivity contribution in [3.63, 3.8) is 0 Å². The van der Waals surface area contributed by atoms with Gasteiger partial charge in [0.15, 0.2) is 0 Å². The number of hydrogen-bond donors (Lipinski definition) is 0. The number of nitrogens with zero attached hydrogens (tertiary/aromatic N) is 4. The molecule has 9 aromatic carbocycles. The largest absolute Gasteiger partial charge is 0.455 e. The van der Waals surface area contributed by atoms with Crippen molar-refractivity contribution in [3.05, 3.63) is 194 Å². The molecule has 0 unspecified atom stereocenters. The highest BCUT2D eigenvalue weighted by Gasteiger charge is 2.25. The van der Waals surface area contributed by atoms with Gasteiger partial charge >= 0.3 is 0 Å². The molecule has 0 saturated carbocycles. The van der Waals surface area contributed by atoms with Gasteiger partial charge in [0, 0.05) is 43.6 Å². The van der Waals surface area contributed by atoms with Crippen LogP contribution in [-0.2, 0) is 0 Å². The minimum Gasteiger partial charge on any atom is -0.455 e. The number of furan rings is 1. The summed E-state index contributed by atoms with van der Waals surface area (Å²) in [6, 6.07) is 68.9. The van der Waals surface area contributed by atoms with Gasteiger partial charge in [-0.3, -0.25) is 4.57 Å². The van der Waals surface area contributed by atoms with E-state index in [1.165, 1.54) is 16.3 Å². The van der Waals surface area contributed by atoms with Gasteiger partial charge in [0.25, 0.3) is 0 Å². The highest BCUT2D eigenvalue weighted by Crippen LogP contribution is 2.45. The molecule has 5 heteroatoms. The molecule has 4 heterocycles. The van der Waals surface area contributed by atoms with Crippen LogP contribution in [0.2, 0.25) is 0 Å². The summed E-state index contributed by atoms with van der Waals surface area (Å²) < 4.78 is 11.5. The fraction of sp³-hybridized carbons (Fsp3) is 0. The normalized spacial score (nSPS) is 12.1. The molecule has 0 aliphatic carbocycles. The van der Waals surface area contributed by atoms with Crippen LogP contribution in [0, 0.1) is 0 Å². The Hall–Kier alpha value is -8.02. The van der Waals surface area contributed by atoms with Crippen LogP contribution in [0.5, 0.6) is 0 Å². The molecule has 274 valence electrons. The van der Waals surface area contributed by atoms with Gasteiger partial charge in [-0.1, -0.05) is 152 Å². The van der Waals surface area contributed by atoms with Gasteiger partial charge in [0.2, 0.25) is 5.95 Å². The third kappa shape index (κ3) is 4.67. The maximum absolute atomic E-state index is 6.78. The van der Waals surface area contributed by atoms with Crippen molar-refractivity contribution < 1.29 is 4.42 Å². The van der Waals surface area contributed by atoms with Gasteiger partial charge < -0.3 is 8.98 Å². The average Bonchev–Trinajstić information content (AvgIpc) is 3.97. The summed E-state index contributed by atoms with van der Waals surface area (Å²) in [5, 5.41) is 10.1. The Labute approximate surface area is 337 Å². The number of para-hydroxylation sites is 3. The highest BCUT2D eigenvalue weighted by molar-refractivity contribution is 6.29. The van der Waals surface area contributed by atoms with E-state index in [4.69, 9.17) is 14.4 Å². The van der Waals surface area contributed by atoms with Crippen LogP contribution in [0.15, 0.2) is 199 Å². The van der Waals surface area contributed by atoms with E-state index in [1.807, 2.05) is 6.07 Å². The van der Waals surface area contributed by atoms with Crippen LogP contribution in [0.4, 0.5) is 0 Å². The Bertz CT molecular complexity index is 3830. The first-order chi connectivity index (χ1) is 29.3. The minimum absolute atomic E-state index is 0.619. The molecule has 0 N–H and O–H groups in total. The van der Waals surface area contributed by atoms with E-state index in [9.17, 15) is 0 Å². The average molecular weight is 753 g/mol. The zero-order chi connectivity index (χ0) is 38.6. The first-order valence-electron chi connectivity index (χ1n) is 20.0. The quantitative estimate of drug-likeness (QED) is 0.180. The van der Waals surface area contributed by atoms with E-state index < -0.39 is 0 Å². The topological polar surface area (TPSA) is 48.8 Å². The van der Waals surface area contributed by atoms with Gasteiger partial charge in [0.05, 0.1) is 38.7 Å². The molecule has 0 spiro atoms. The zero-order valence-corrected chi connectivity index (χ0v) is 31.7. The molecular formula is C54H32N4O. The van der Waals surface area contributed by atoms with Crippen molar-refractivity contribution in [1.29, 1.82) is 0 Å². The van der Waals surface area contributed by atoms with Gasteiger partial charge in [-0.2, -0.15) is 0 Å². The minimum atomic E-state index is 0.619. The Morgan fingerprint density at radius 2 is 1.05 bits per heavy atom. The summed E-state index contributed by atoms with van der Waals surface area (Å²) in [5.74, 6) is 0.619. The third-order valence-electron chi connectivity index (χ3n) is 12.1. The van der Waals surface area contributed by atoms with E-state index in [-0.39, 0.29) is 0 Å². The molecule has 4 aromatic heterocycles. The smallest absolute Gasteiger partial charge is 0.235 e. The molecule has 5 nitrogen and oxygen atoms in total. The van der Waals surface area contributed by atoms with E-state index in [2.05, 4.69) is 197 Å². The first kappa shape index (κ1) is 32.1.